The molecule has 1 saturated carbocycles. The average Bonchev–Trinajstić information content (AvgIpc) is 2.86. The summed E-state index contributed by atoms with van der Waals surface area (Å²) in [5.41, 5.74) is 2.83. The Balaban J connectivity index is 1.94. The molecule has 0 amide bonds. The molecule has 1 aromatic carbocycles. The first-order valence-corrected chi connectivity index (χ1v) is 6.40. The van der Waals surface area contributed by atoms with Crippen molar-refractivity contribution in [2.75, 3.05) is 7.11 Å². The lowest BCUT2D eigenvalue weighted by Gasteiger charge is -2.29. The molecule has 0 radical (unpaired) electrons. The highest BCUT2D eigenvalue weighted by Gasteiger charge is 2.33. The molecular weight excluding hydrogens is 245 g/mol. The topological polar surface area (TPSA) is 39.9 Å². The third-order valence-electron chi connectivity index (χ3n) is 3.73. The van der Waals surface area contributed by atoms with Gasteiger partial charge in [0.05, 0.1) is 19.3 Å². The standard InChI is InChI=1S/C14H16FN3O/c1-9-3-4-10(19-2)7-11(9)13-8-18(17-16-13)14-6-5-12(14)15/h3-4,7-8,12,14H,5-6H2,1-2H3/t12-,14+/m0/s1. The Labute approximate surface area is 111 Å². The number of hydrogen-bond donors (Lipinski definition) is 0. The van der Waals surface area contributed by atoms with E-state index in [4.69, 9.17) is 4.74 Å². The van der Waals surface area contributed by atoms with Gasteiger partial charge in [0, 0.05) is 5.56 Å². The van der Waals surface area contributed by atoms with Crippen molar-refractivity contribution in [1.82, 2.24) is 15.0 Å². The largest absolute Gasteiger partial charge is 0.497 e. The van der Waals surface area contributed by atoms with Gasteiger partial charge in [-0.2, -0.15) is 0 Å². The predicted molar refractivity (Wildman–Crippen MR) is 69.9 cm³/mol. The van der Waals surface area contributed by atoms with E-state index in [0.717, 1.165) is 29.0 Å². The SMILES string of the molecule is COc1ccc(C)c(-c2cn([C@@H]3CC[C@@H]3F)nn2)c1. The van der Waals surface area contributed by atoms with Crippen LogP contribution in [0.5, 0.6) is 5.75 Å². The van der Waals surface area contributed by atoms with E-state index in [2.05, 4.69) is 10.3 Å². The monoisotopic (exact) mass is 261 g/mol. The number of aryl methyl sites for hydroxylation is 1. The van der Waals surface area contributed by atoms with Crippen LogP contribution in [0.4, 0.5) is 4.39 Å². The van der Waals surface area contributed by atoms with Crippen molar-refractivity contribution in [2.45, 2.75) is 32.0 Å². The molecule has 4 nitrogen and oxygen atoms in total. The summed E-state index contributed by atoms with van der Waals surface area (Å²) in [6.45, 7) is 2.01. The maximum atomic E-state index is 13.4. The molecule has 100 valence electrons. The summed E-state index contributed by atoms with van der Waals surface area (Å²) in [4.78, 5) is 0. The summed E-state index contributed by atoms with van der Waals surface area (Å²) >= 11 is 0. The Morgan fingerprint density at radius 1 is 1.37 bits per heavy atom. The van der Waals surface area contributed by atoms with Crippen LogP contribution in [0.25, 0.3) is 11.3 Å². The Morgan fingerprint density at radius 2 is 2.21 bits per heavy atom. The van der Waals surface area contributed by atoms with Crippen LogP contribution in [0.1, 0.15) is 24.4 Å². The van der Waals surface area contributed by atoms with Crippen LogP contribution in [-0.2, 0) is 0 Å². The third-order valence-corrected chi connectivity index (χ3v) is 3.73. The van der Waals surface area contributed by atoms with E-state index >= 15 is 0 Å². The molecule has 3 rings (SSSR count). The Morgan fingerprint density at radius 3 is 2.84 bits per heavy atom. The molecule has 1 fully saturated rings. The molecule has 0 bridgehead atoms. The normalized spacial score (nSPS) is 22.1. The fraction of sp³-hybridized carbons (Fsp3) is 0.429. The van der Waals surface area contributed by atoms with Crippen LogP contribution in [0.2, 0.25) is 0 Å². The molecule has 0 N–H and O–H groups in total. The second-order valence-electron chi connectivity index (χ2n) is 4.93. The van der Waals surface area contributed by atoms with Crippen molar-refractivity contribution in [3.05, 3.63) is 30.0 Å². The number of nitrogens with zero attached hydrogens (tertiary/aromatic N) is 3. The predicted octanol–water partition coefficient (Wildman–Crippen LogP) is 2.94. The van der Waals surface area contributed by atoms with E-state index in [-0.39, 0.29) is 6.04 Å². The van der Waals surface area contributed by atoms with Crippen molar-refractivity contribution in [3.8, 4) is 17.0 Å². The molecule has 19 heavy (non-hydrogen) atoms. The number of aromatic nitrogens is 3. The van der Waals surface area contributed by atoms with Crippen LogP contribution >= 0.6 is 0 Å². The minimum Gasteiger partial charge on any atom is -0.497 e. The van der Waals surface area contributed by atoms with E-state index in [0.29, 0.717) is 6.42 Å². The fourth-order valence-electron chi connectivity index (χ4n) is 2.31. The van der Waals surface area contributed by atoms with Gasteiger partial charge in [0.2, 0.25) is 0 Å². The van der Waals surface area contributed by atoms with Gasteiger partial charge >= 0.3 is 0 Å². The first-order chi connectivity index (χ1) is 9.19. The van der Waals surface area contributed by atoms with Crippen molar-refractivity contribution in [3.63, 3.8) is 0 Å². The fourth-order valence-corrected chi connectivity index (χ4v) is 2.31. The summed E-state index contributed by atoms with van der Waals surface area (Å²) in [5, 5.41) is 8.20. The second-order valence-corrected chi connectivity index (χ2v) is 4.93. The molecule has 1 aromatic heterocycles. The highest BCUT2D eigenvalue weighted by molar-refractivity contribution is 5.64. The number of methoxy groups -OCH3 is 1. The maximum Gasteiger partial charge on any atom is 0.123 e. The lowest BCUT2D eigenvalue weighted by atomic mass is 9.91. The summed E-state index contributed by atoms with van der Waals surface area (Å²) < 4.78 is 20.2. The van der Waals surface area contributed by atoms with Crippen LogP contribution in [0.15, 0.2) is 24.4 Å². The number of alkyl halides is 1. The molecule has 1 aliphatic carbocycles. The van der Waals surface area contributed by atoms with E-state index in [1.54, 1.807) is 11.8 Å². The highest BCUT2D eigenvalue weighted by atomic mass is 19.1. The minimum atomic E-state index is -0.791. The van der Waals surface area contributed by atoms with Gasteiger partial charge < -0.3 is 4.74 Å². The van der Waals surface area contributed by atoms with E-state index < -0.39 is 6.17 Å². The number of halogens is 1. The minimum absolute atomic E-state index is 0.146. The summed E-state index contributed by atoms with van der Waals surface area (Å²) in [7, 11) is 1.63. The van der Waals surface area contributed by atoms with Gasteiger partial charge in [-0.3, -0.25) is 0 Å². The van der Waals surface area contributed by atoms with Gasteiger partial charge in [-0.25, -0.2) is 9.07 Å². The Hall–Kier alpha value is -1.91. The molecule has 0 aliphatic heterocycles. The van der Waals surface area contributed by atoms with Crippen molar-refractivity contribution < 1.29 is 9.13 Å². The molecule has 5 heteroatoms. The van der Waals surface area contributed by atoms with Crippen LogP contribution < -0.4 is 4.74 Å². The van der Waals surface area contributed by atoms with E-state index in [1.165, 1.54) is 0 Å². The van der Waals surface area contributed by atoms with E-state index in [9.17, 15) is 4.39 Å². The molecule has 1 aliphatic rings. The van der Waals surface area contributed by atoms with Gasteiger partial charge in [-0.1, -0.05) is 11.3 Å². The highest BCUT2D eigenvalue weighted by Crippen LogP contribution is 2.35. The molecule has 2 aromatic rings. The third kappa shape index (κ3) is 2.09. The molecule has 1 heterocycles. The molecule has 2 atom stereocenters. The van der Waals surface area contributed by atoms with Crippen molar-refractivity contribution in [2.24, 2.45) is 0 Å². The number of rotatable bonds is 3. The summed E-state index contributed by atoms with van der Waals surface area (Å²) in [6, 6.07) is 5.67. The molecule has 0 spiro atoms. The van der Waals surface area contributed by atoms with Crippen molar-refractivity contribution in [1.29, 1.82) is 0 Å². The molecule has 0 unspecified atom stereocenters. The van der Waals surface area contributed by atoms with Crippen molar-refractivity contribution >= 4 is 0 Å². The second kappa shape index (κ2) is 4.64. The lowest BCUT2D eigenvalue weighted by molar-refractivity contribution is 0.108. The first kappa shape index (κ1) is 12.1. The molecule has 0 saturated heterocycles. The Bertz CT molecular complexity index is 596. The van der Waals surface area contributed by atoms with Gasteiger partial charge in [-0.15, -0.1) is 5.10 Å². The van der Waals surface area contributed by atoms with Gasteiger partial charge in [0.1, 0.15) is 17.6 Å². The summed E-state index contributed by atoms with van der Waals surface area (Å²) in [6.07, 6.45) is 2.48. The molecular formula is C14H16FN3O. The first-order valence-electron chi connectivity index (χ1n) is 6.40. The number of hydrogen-bond acceptors (Lipinski definition) is 3. The Kier molecular flexibility index (Phi) is 2.97. The zero-order valence-electron chi connectivity index (χ0n) is 11.0. The summed E-state index contributed by atoms with van der Waals surface area (Å²) in [5.74, 6) is 0.780. The maximum absolute atomic E-state index is 13.4. The number of benzene rings is 1. The van der Waals surface area contributed by atoms with Crippen LogP contribution in [0.3, 0.4) is 0 Å². The van der Waals surface area contributed by atoms with Gasteiger partial charge in [0.25, 0.3) is 0 Å². The number of ether oxygens (including phenoxy) is 1. The zero-order valence-corrected chi connectivity index (χ0v) is 11.0. The van der Waals surface area contributed by atoms with Gasteiger partial charge in [0.15, 0.2) is 0 Å². The lowest BCUT2D eigenvalue weighted by Crippen LogP contribution is -2.30. The van der Waals surface area contributed by atoms with Gasteiger partial charge in [-0.05, 0) is 37.5 Å². The smallest absolute Gasteiger partial charge is 0.123 e. The van der Waals surface area contributed by atoms with Crippen LogP contribution in [0, 0.1) is 6.92 Å². The zero-order chi connectivity index (χ0) is 13.4. The quantitative estimate of drug-likeness (QED) is 0.852. The van der Waals surface area contributed by atoms with Crippen LogP contribution in [-0.4, -0.2) is 28.3 Å². The van der Waals surface area contributed by atoms with E-state index in [1.807, 2.05) is 31.3 Å². The average molecular weight is 261 g/mol.